The quantitative estimate of drug-likeness (QED) is 0.833. The third kappa shape index (κ3) is 3.18. The molecule has 6 nitrogen and oxygen atoms in total. The highest BCUT2D eigenvalue weighted by atomic mass is 16.5. The Morgan fingerprint density at radius 3 is 2.86 bits per heavy atom. The Bertz CT molecular complexity index is 858. The second-order valence-corrected chi connectivity index (χ2v) is 8.16. The molecule has 0 saturated carbocycles. The van der Waals surface area contributed by atoms with Crippen LogP contribution in [0.15, 0.2) is 18.2 Å². The van der Waals surface area contributed by atoms with Gasteiger partial charge in [-0.25, -0.2) is 4.79 Å². The molecule has 3 atom stereocenters. The van der Waals surface area contributed by atoms with E-state index in [1.165, 1.54) is 27.7 Å². The first-order valence-corrected chi connectivity index (χ1v) is 10.4. The van der Waals surface area contributed by atoms with E-state index in [9.17, 15) is 4.79 Å². The molecule has 1 aliphatic carbocycles. The summed E-state index contributed by atoms with van der Waals surface area (Å²) in [7, 11) is 3.95. The van der Waals surface area contributed by atoms with Crippen LogP contribution in [-0.4, -0.2) is 66.7 Å². The number of urea groups is 1. The standard InChI is InChI=1S/C22H32N4O2/c1-5-26(6-2)22(27)23-14-10-16-15-8-7-9-18-21(15)17(19(24-18)13-28-4)11-20(16)25(3)12-14/h7-9,14,16,20,24H,5-6,10-13H2,1-4H3,(H,23,27)/t14-,16+,20+/m0/s1. The lowest BCUT2D eigenvalue weighted by Gasteiger charge is -2.46. The second-order valence-electron chi connectivity index (χ2n) is 8.16. The van der Waals surface area contributed by atoms with Crippen LogP contribution in [0.3, 0.4) is 0 Å². The van der Waals surface area contributed by atoms with Gasteiger partial charge in [-0.3, -0.25) is 0 Å². The van der Waals surface area contributed by atoms with Gasteiger partial charge in [0.15, 0.2) is 0 Å². The number of nitrogens with zero attached hydrogens (tertiary/aromatic N) is 2. The number of aromatic amines is 1. The summed E-state index contributed by atoms with van der Waals surface area (Å²) < 4.78 is 5.43. The first kappa shape index (κ1) is 19.3. The molecule has 1 aromatic carbocycles. The summed E-state index contributed by atoms with van der Waals surface area (Å²) in [6.07, 6.45) is 2.03. The van der Waals surface area contributed by atoms with E-state index in [1.807, 2.05) is 18.7 Å². The van der Waals surface area contributed by atoms with Crippen molar-refractivity contribution in [3.63, 3.8) is 0 Å². The van der Waals surface area contributed by atoms with Crippen molar-refractivity contribution in [3.05, 3.63) is 35.0 Å². The zero-order valence-corrected chi connectivity index (χ0v) is 17.4. The van der Waals surface area contributed by atoms with Gasteiger partial charge in [0.2, 0.25) is 0 Å². The summed E-state index contributed by atoms with van der Waals surface area (Å²) in [4.78, 5) is 20.5. The number of hydrogen-bond donors (Lipinski definition) is 2. The summed E-state index contributed by atoms with van der Waals surface area (Å²) in [5.41, 5.74) is 5.23. The van der Waals surface area contributed by atoms with E-state index in [-0.39, 0.29) is 12.1 Å². The van der Waals surface area contributed by atoms with Gasteiger partial charge in [0.1, 0.15) is 0 Å². The molecule has 6 heteroatoms. The number of rotatable bonds is 5. The number of H-pyrrole nitrogens is 1. The molecule has 2 heterocycles. The number of amides is 2. The van der Waals surface area contributed by atoms with Crippen molar-refractivity contribution in [2.45, 2.75) is 51.3 Å². The van der Waals surface area contributed by atoms with Crippen molar-refractivity contribution in [2.24, 2.45) is 0 Å². The minimum absolute atomic E-state index is 0.0561. The molecule has 1 aromatic heterocycles. The van der Waals surface area contributed by atoms with Gasteiger partial charge in [0.05, 0.1) is 6.61 Å². The number of likely N-dealkylation sites (N-methyl/N-ethyl adjacent to an activating group) is 1. The largest absolute Gasteiger partial charge is 0.378 e. The van der Waals surface area contributed by atoms with Crippen LogP contribution in [-0.2, 0) is 17.8 Å². The molecule has 1 fully saturated rings. The summed E-state index contributed by atoms with van der Waals surface area (Å²) in [6, 6.07) is 7.28. The number of likely N-dealkylation sites (tertiary alicyclic amines) is 1. The molecule has 28 heavy (non-hydrogen) atoms. The van der Waals surface area contributed by atoms with E-state index in [2.05, 4.69) is 40.4 Å². The topological polar surface area (TPSA) is 60.6 Å². The predicted molar refractivity (Wildman–Crippen MR) is 112 cm³/mol. The van der Waals surface area contributed by atoms with Gasteiger partial charge in [-0.05, 0) is 50.9 Å². The van der Waals surface area contributed by atoms with Crippen molar-refractivity contribution in [3.8, 4) is 0 Å². The van der Waals surface area contributed by atoms with Gasteiger partial charge in [0, 0.05) is 61.3 Å². The summed E-state index contributed by atoms with van der Waals surface area (Å²) in [5, 5.41) is 4.66. The number of benzene rings is 1. The highest BCUT2D eigenvalue weighted by molar-refractivity contribution is 5.89. The van der Waals surface area contributed by atoms with E-state index in [0.29, 0.717) is 18.6 Å². The Kier molecular flexibility index (Phi) is 5.34. The third-order valence-corrected chi connectivity index (χ3v) is 6.61. The number of hydrogen-bond acceptors (Lipinski definition) is 3. The lowest BCUT2D eigenvalue weighted by Crippen LogP contribution is -2.56. The van der Waals surface area contributed by atoms with Crippen LogP contribution in [0.2, 0.25) is 0 Å². The van der Waals surface area contributed by atoms with Gasteiger partial charge in [-0.15, -0.1) is 0 Å². The molecule has 1 aliphatic heterocycles. The Labute approximate surface area is 167 Å². The average molecular weight is 385 g/mol. The molecular weight excluding hydrogens is 352 g/mol. The smallest absolute Gasteiger partial charge is 0.317 e. The number of piperidine rings is 1. The highest BCUT2D eigenvalue weighted by Crippen LogP contribution is 2.44. The zero-order chi connectivity index (χ0) is 19.8. The second kappa shape index (κ2) is 7.76. The van der Waals surface area contributed by atoms with E-state index < -0.39 is 0 Å². The normalized spacial score (nSPS) is 24.2. The number of methoxy groups -OCH3 is 1. The van der Waals surface area contributed by atoms with Crippen LogP contribution in [0, 0.1) is 0 Å². The van der Waals surface area contributed by atoms with E-state index >= 15 is 0 Å². The fraction of sp³-hybridized carbons (Fsp3) is 0.591. The Hall–Kier alpha value is -2.05. The van der Waals surface area contributed by atoms with E-state index in [4.69, 9.17) is 4.74 Å². The van der Waals surface area contributed by atoms with Crippen molar-refractivity contribution < 1.29 is 9.53 Å². The Balaban J connectivity index is 1.64. The summed E-state index contributed by atoms with van der Waals surface area (Å²) in [6.45, 7) is 7.05. The number of fused-ring (bicyclic) bond motifs is 2. The van der Waals surface area contributed by atoms with Crippen LogP contribution < -0.4 is 5.32 Å². The Morgan fingerprint density at radius 2 is 2.14 bits per heavy atom. The number of carbonyl (C=O) groups is 1. The minimum atomic E-state index is 0.0561. The van der Waals surface area contributed by atoms with Gasteiger partial charge in [-0.2, -0.15) is 0 Å². The molecule has 2 N–H and O–H groups in total. The third-order valence-electron chi connectivity index (χ3n) is 6.61. The molecule has 0 bridgehead atoms. The van der Waals surface area contributed by atoms with Crippen LogP contribution >= 0.6 is 0 Å². The van der Waals surface area contributed by atoms with Crippen molar-refractivity contribution >= 4 is 16.9 Å². The predicted octanol–water partition coefficient (Wildman–Crippen LogP) is 3.08. The lowest BCUT2D eigenvalue weighted by atomic mass is 9.73. The van der Waals surface area contributed by atoms with Gasteiger partial charge >= 0.3 is 6.03 Å². The van der Waals surface area contributed by atoms with Crippen LogP contribution in [0.1, 0.15) is 43.0 Å². The van der Waals surface area contributed by atoms with Crippen LogP contribution in [0.25, 0.3) is 10.9 Å². The summed E-state index contributed by atoms with van der Waals surface area (Å²) >= 11 is 0. The zero-order valence-electron chi connectivity index (χ0n) is 17.4. The van der Waals surface area contributed by atoms with Crippen molar-refractivity contribution in [1.29, 1.82) is 0 Å². The molecule has 1 saturated heterocycles. The molecule has 152 valence electrons. The number of aromatic nitrogens is 1. The fourth-order valence-corrected chi connectivity index (χ4v) is 5.25. The SMILES string of the molecule is CCN(CC)C(=O)N[C@H]1C[C@@H]2c3cccc4[nH]c(COC)c(c34)C[C@H]2N(C)C1. The molecule has 2 aliphatic rings. The van der Waals surface area contributed by atoms with Crippen LogP contribution in [0.4, 0.5) is 4.79 Å². The maximum Gasteiger partial charge on any atom is 0.317 e. The molecule has 2 aromatic rings. The highest BCUT2D eigenvalue weighted by Gasteiger charge is 2.40. The lowest BCUT2D eigenvalue weighted by molar-refractivity contribution is 0.123. The minimum Gasteiger partial charge on any atom is -0.378 e. The summed E-state index contributed by atoms with van der Waals surface area (Å²) in [5.74, 6) is 0.433. The average Bonchev–Trinajstić information content (AvgIpc) is 3.03. The first-order chi connectivity index (χ1) is 13.6. The van der Waals surface area contributed by atoms with Crippen LogP contribution in [0.5, 0.6) is 0 Å². The number of ether oxygens (including phenoxy) is 1. The number of nitrogens with one attached hydrogen (secondary N) is 2. The van der Waals surface area contributed by atoms with Gasteiger partial charge < -0.3 is 24.8 Å². The molecule has 4 rings (SSSR count). The number of carbonyl (C=O) groups excluding carboxylic acids is 1. The van der Waals surface area contributed by atoms with E-state index in [1.54, 1.807) is 7.11 Å². The maximum atomic E-state index is 12.6. The fourth-order valence-electron chi connectivity index (χ4n) is 5.25. The molecule has 0 radical (unpaired) electrons. The molecule has 0 spiro atoms. The van der Waals surface area contributed by atoms with E-state index in [0.717, 1.165) is 32.5 Å². The van der Waals surface area contributed by atoms with Gasteiger partial charge in [0.25, 0.3) is 0 Å². The van der Waals surface area contributed by atoms with Gasteiger partial charge in [-0.1, -0.05) is 12.1 Å². The maximum absolute atomic E-state index is 12.6. The van der Waals surface area contributed by atoms with Crippen molar-refractivity contribution in [1.82, 2.24) is 20.1 Å². The first-order valence-electron chi connectivity index (χ1n) is 10.4. The van der Waals surface area contributed by atoms with Crippen molar-refractivity contribution in [2.75, 3.05) is 33.8 Å². The Morgan fingerprint density at radius 1 is 1.36 bits per heavy atom. The molecule has 2 amide bonds. The molecular formula is C22H32N4O2. The molecule has 0 unspecified atom stereocenters. The monoisotopic (exact) mass is 384 g/mol.